The van der Waals surface area contributed by atoms with Gasteiger partial charge in [0.15, 0.2) is 11.6 Å². The van der Waals surface area contributed by atoms with Crippen LogP contribution in [0.2, 0.25) is 0 Å². The zero-order valence-electron chi connectivity index (χ0n) is 18.8. The lowest BCUT2D eigenvalue weighted by Crippen LogP contribution is -2.47. The number of benzene rings is 2. The average molecular weight is 482 g/mol. The highest BCUT2D eigenvalue weighted by Crippen LogP contribution is 2.33. The fourth-order valence-corrected chi connectivity index (χ4v) is 4.68. The number of carbonyl (C=O) groups is 1. The van der Waals surface area contributed by atoms with Gasteiger partial charge in [0.25, 0.3) is 0 Å². The number of fused-ring (bicyclic) bond motifs is 3. The number of hydrogen-bond donors (Lipinski definition) is 1. The molecule has 1 aliphatic rings. The van der Waals surface area contributed by atoms with Crippen molar-refractivity contribution in [3.63, 3.8) is 0 Å². The molecular formula is C25H21F3N4O3. The van der Waals surface area contributed by atoms with Crippen molar-refractivity contribution in [2.24, 2.45) is 0 Å². The molecule has 7 nitrogen and oxygen atoms in total. The maximum absolute atomic E-state index is 15.1. The van der Waals surface area contributed by atoms with Crippen LogP contribution in [-0.4, -0.2) is 46.8 Å². The van der Waals surface area contributed by atoms with E-state index in [0.29, 0.717) is 49.3 Å². The summed E-state index contributed by atoms with van der Waals surface area (Å²) < 4.78 is 43.7. The molecule has 180 valence electrons. The topological polar surface area (TPSA) is 78.7 Å². The molecule has 0 atom stereocenters. The third-order valence-corrected chi connectivity index (χ3v) is 6.44. The van der Waals surface area contributed by atoms with Crippen LogP contribution in [0.1, 0.15) is 17.3 Å². The third-order valence-electron chi connectivity index (χ3n) is 6.44. The Morgan fingerprint density at radius 2 is 1.69 bits per heavy atom. The van der Waals surface area contributed by atoms with E-state index in [-0.39, 0.29) is 22.2 Å². The summed E-state index contributed by atoms with van der Waals surface area (Å²) in [6.07, 6.45) is 2.76. The number of anilines is 2. The summed E-state index contributed by atoms with van der Waals surface area (Å²) in [4.78, 5) is 32.9. The molecule has 2 aromatic carbocycles. The highest BCUT2D eigenvalue weighted by atomic mass is 19.2. The third kappa shape index (κ3) is 3.74. The van der Waals surface area contributed by atoms with Crippen LogP contribution in [-0.2, 0) is 6.54 Å². The van der Waals surface area contributed by atoms with Crippen molar-refractivity contribution in [2.45, 2.75) is 13.5 Å². The van der Waals surface area contributed by atoms with Gasteiger partial charge in [0.2, 0.25) is 5.43 Å². The molecule has 0 spiro atoms. The Balaban J connectivity index is 1.58. The second-order valence-corrected chi connectivity index (χ2v) is 8.35. The lowest BCUT2D eigenvalue weighted by molar-refractivity contribution is 0.0695. The Hall–Kier alpha value is -4.08. The number of pyridine rings is 2. The SMILES string of the molecule is CCn1cc(C(=O)O)c(=O)c2c3ccc(F)c(N4CCN(c5ccc(F)c(F)c5)CC4)c3ncc21. The van der Waals surface area contributed by atoms with E-state index < -0.39 is 28.8 Å². The summed E-state index contributed by atoms with van der Waals surface area (Å²) in [5, 5.41) is 10.1. The van der Waals surface area contributed by atoms with Gasteiger partial charge in [-0.25, -0.2) is 18.0 Å². The fourth-order valence-electron chi connectivity index (χ4n) is 4.68. The molecule has 1 aliphatic heterocycles. The van der Waals surface area contributed by atoms with E-state index in [9.17, 15) is 23.5 Å². The molecule has 1 fully saturated rings. The minimum absolute atomic E-state index is 0.179. The van der Waals surface area contributed by atoms with Gasteiger partial charge in [0, 0.05) is 56.1 Å². The molecule has 0 bridgehead atoms. The molecule has 4 aromatic rings. The number of aromatic nitrogens is 2. The van der Waals surface area contributed by atoms with Crippen LogP contribution in [0.3, 0.4) is 0 Å². The first-order chi connectivity index (χ1) is 16.8. The van der Waals surface area contributed by atoms with Crippen molar-refractivity contribution in [3.8, 4) is 0 Å². The van der Waals surface area contributed by atoms with Crippen molar-refractivity contribution in [2.75, 3.05) is 36.0 Å². The number of carboxylic acid groups (broad SMARTS) is 1. The molecule has 0 saturated carbocycles. The lowest BCUT2D eigenvalue weighted by Gasteiger charge is -2.37. The zero-order valence-corrected chi connectivity index (χ0v) is 18.8. The largest absolute Gasteiger partial charge is 0.477 e. The van der Waals surface area contributed by atoms with Gasteiger partial charge in [-0.2, -0.15) is 0 Å². The molecule has 10 heteroatoms. The van der Waals surface area contributed by atoms with Gasteiger partial charge in [0.05, 0.1) is 28.3 Å². The summed E-state index contributed by atoms with van der Waals surface area (Å²) in [7, 11) is 0. The molecule has 0 unspecified atom stereocenters. The number of hydrogen-bond acceptors (Lipinski definition) is 5. The molecule has 35 heavy (non-hydrogen) atoms. The summed E-state index contributed by atoms with van der Waals surface area (Å²) in [6, 6.07) is 6.41. The van der Waals surface area contributed by atoms with Crippen LogP contribution in [0.5, 0.6) is 0 Å². The smallest absolute Gasteiger partial charge is 0.341 e. The van der Waals surface area contributed by atoms with Crippen LogP contribution in [0, 0.1) is 17.5 Å². The van der Waals surface area contributed by atoms with Gasteiger partial charge in [-0.3, -0.25) is 9.78 Å². The van der Waals surface area contributed by atoms with E-state index in [1.54, 1.807) is 9.47 Å². The Labute approximate surface area is 197 Å². The molecule has 1 saturated heterocycles. The maximum Gasteiger partial charge on any atom is 0.341 e. The minimum Gasteiger partial charge on any atom is -0.477 e. The number of carboxylic acids is 1. The number of nitrogens with zero attached hydrogens (tertiary/aromatic N) is 4. The van der Waals surface area contributed by atoms with Crippen LogP contribution < -0.4 is 15.2 Å². The Morgan fingerprint density at radius 3 is 2.34 bits per heavy atom. The van der Waals surface area contributed by atoms with Gasteiger partial charge in [-0.1, -0.05) is 0 Å². The average Bonchev–Trinajstić information content (AvgIpc) is 2.85. The van der Waals surface area contributed by atoms with E-state index in [1.165, 1.54) is 30.6 Å². The molecular weight excluding hydrogens is 461 g/mol. The predicted octanol–water partition coefficient (Wildman–Crippen LogP) is 4.01. The molecule has 1 N–H and O–H groups in total. The van der Waals surface area contributed by atoms with Crippen LogP contribution in [0.15, 0.2) is 47.5 Å². The van der Waals surface area contributed by atoms with E-state index >= 15 is 4.39 Å². The second kappa shape index (κ2) is 8.61. The molecule has 0 radical (unpaired) electrons. The number of rotatable bonds is 4. The van der Waals surface area contributed by atoms with Gasteiger partial charge in [-0.15, -0.1) is 0 Å². The summed E-state index contributed by atoms with van der Waals surface area (Å²) in [5.41, 5.74) is 0.477. The number of halogens is 3. The van der Waals surface area contributed by atoms with Crippen LogP contribution >= 0.6 is 0 Å². The molecule has 5 rings (SSSR count). The lowest BCUT2D eigenvalue weighted by atomic mass is 10.0. The maximum atomic E-state index is 15.1. The van der Waals surface area contributed by atoms with E-state index in [0.717, 1.165) is 12.1 Å². The summed E-state index contributed by atoms with van der Waals surface area (Å²) in [5.74, 6) is -3.70. The Bertz CT molecular complexity index is 1550. The molecule has 0 aliphatic carbocycles. The van der Waals surface area contributed by atoms with Gasteiger partial charge in [-0.05, 0) is 31.2 Å². The first kappa shape index (κ1) is 22.7. The zero-order chi connectivity index (χ0) is 24.9. The van der Waals surface area contributed by atoms with Crippen molar-refractivity contribution in [3.05, 3.63) is 76.0 Å². The first-order valence-electron chi connectivity index (χ1n) is 11.1. The van der Waals surface area contributed by atoms with Gasteiger partial charge in [0.1, 0.15) is 11.4 Å². The summed E-state index contributed by atoms with van der Waals surface area (Å²) in [6.45, 7) is 3.86. The van der Waals surface area contributed by atoms with Crippen LogP contribution in [0.25, 0.3) is 21.8 Å². The molecule has 0 amide bonds. The van der Waals surface area contributed by atoms with Gasteiger partial charge >= 0.3 is 5.97 Å². The number of aryl methyl sites for hydroxylation is 1. The normalized spacial score (nSPS) is 14.2. The van der Waals surface area contributed by atoms with Crippen molar-refractivity contribution in [1.82, 2.24) is 9.55 Å². The van der Waals surface area contributed by atoms with E-state index in [4.69, 9.17) is 0 Å². The van der Waals surface area contributed by atoms with Crippen molar-refractivity contribution < 1.29 is 23.1 Å². The second-order valence-electron chi connectivity index (χ2n) is 8.35. The monoisotopic (exact) mass is 482 g/mol. The summed E-state index contributed by atoms with van der Waals surface area (Å²) >= 11 is 0. The fraction of sp³-hybridized carbons (Fsp3) is 0.240. The Kier molecular flexibility index (Phi) is 5.58. The predicted molar refractivity (Wildman–Crippen MR) is 127 cm³/mol. The van der Waals surface area contributed by atoms with E-state index in [1.807, 2.05) is 11.8 Å². The minimum atomic E-state index is -1.33. The Morgan fingerprint density at radius 1 is 1.00 bits per heavy atom. The quantitative estimate of drug-likeness (QED) is 0.443. The highest BCUT2D eigenvalue weighted by Gasteiger charge is 2.25. The van der Waals surface area contributed by atoms with Gasteiger partial charge < -0.3 is 19.5 Å². The van der Waals surface area contributed by atoms with Crippen molar-refractivity contribution >= 4 is 39.1 Å². The first-order valence-corrected chi connectivity index (χ1v) is 11.1. The van der Waals surface area contributed by atoms with Crippen molar-refractivity contribution in [1.29, 1.82) is 0 Å². The molecule has 3 heterocycles. The molecule has 2 aromatic heterocycles. The highest BCUT2D eigenvalue weighted by molar-refractivity contribution is 6.09. The number of aromatic carboxylic acids is 1. The standard InChI is InChI=1S/C25H21F3N4O3/c1-2-30-13-16(25(34)35)24(33)21-15-4-6-18(27)23(22(15)29-12-20(21)30)32-9-7-31(8-10-32)14-3-5-17(26)19(28)11-14/h3-6,11-13H,2,7-10H2,1H3,(H,34,35). The van der Waals surface area contributed by atoms with Crippen LogP contribution in [0.4, 0.5) is 24.5 Å². The number of piperazine rings is 1. The van der Waals surface area contributed by atoms with E-state index in [2.05, 4.69) is 4.98 Å².